The lowest BCUT2D eigenvalue weighted by molar-refractivity contribution is -0.141. The van der Waals surface area contributed by atoms with E-state index < -0.39 is 23.0 Å². The van der Waals surface area contributed by atoms with Gasteiger partial charge < -0.3 is 5.11 Å². The first-order valence-corrected chi connectivity index (χ1v) is 8.11. The summed E-state index contributed by atoms with van der Waals surface area (Å²) in [6.45, 7) is 6.40. The van der Waals surface area contributed by atoms with Crippen LogP contribution in [0.15, 0.2) is 11.6 Å². The number of carboxylic acids is 1. The Bertz CT molecular complexity index is 451. The number of allylic oxidation sites excluding steroid dienone is 1. The zero-order valence-electron chi connectivity index (χ0n) is 12.4. The lowest BCUT2D eigenvalue weighted by atomic mass is 9.68. The molecule has 1 fully saturated rings. The molecule has 1 aliphatic heterocycles. The van der Waals surface area contributed by atoms with Crippen LogP contribution in [-0.4, -0.2) is 27.8 Å². The van der Waals surface area contributed by atoms with Crippen molar-refractivity contribution in [2.45, 2.75) is 56.7 Å². The molecule has 0 spiro atoms. The minimum Gasteiger partial charge on any atom is -0.478 e. The molecule has 1 saturated carbocycles. The first kappa shape index (κ1) is 16.7. The second-order valence-electron chi connectivity index (χ2n) is 7.06. The maximum Gasteiger partial charge on any atom is 0.404 e. The molecule has 0 bridgehead atoms. The molecule has 0 aromatic rings. The molecule has 2 rings (SSSR count). The predicted molar refractivity (Wildman–Crippen MR) is 77.2 cm³/mol. The number of alkyl halides is 3. The number of rotatable bonds is 1. The van der Waals surface area contributed by atoms with E-state index in [1.54, 1.807) is 0 Å². The number of halogens is 3. The van der Waals surface area contributed by atoms with Crippen molar-refractivity contribution >= 4 is 17.7 Å². The fourth-order valence-electron chi connectivity index (χ4n) is 3.31. The van der Waals surface area contributed by atoms with Gasteiger partial charge in [-0.1, -0.05) is 26.8 Å². The number of carbonyl (C=O) groups is 1. The summed E-state index contributed by atoms with van der Waals surface area (Å²) in [5.41, 5.74) is -0.378. The fourth-order valence-corrected chi connectivity index (χ4v) is 4.81. The summed E-state index contributed by atoms with van der Waals surface area (Å²) in [6, 6.07) is 0. The Morgan fingerprint density at radius 2 is 1.90 bits per heavy atom. The summed E-state index contributed by atoms with van der Waals surface area (Å²) in [5, 5.41) is 7.11. The Morgan fingerprint density at radius 3 is 2.38 bits per heavy atom. The molecule has 21 heavy (non-hydrogen) atoms. The van der Waals surface area contributed by atoms with Crippen molar-refractivity contribution in [1.29, 1.82) is 0 Å². The Kier molecular flexibility index (Phi) is 4.40. The van der Waals surface area contributed by atoms with Crippen LogP contribution in [0.25, 0.3) is 0 Å². The normalized spacial score (nSPS) is 34.1. The van der Waals surface area contributed by atoms with E-state index in [4.69, 9.17) is 5.11 Å². The van der Waals surface area contributed by atoms with Crippen LogP contribution >= 0.6 is 11.8 Å². The predicted octanol–water partition coefficient (Wildman–Crippen LogP) is 4.51. The summed E-state index contributed by atoms with van der Waals surface area (Å²) in [6.07, 6.45) is -0.686. The monoisotopic (exact) mass is 322 g/mol. The van der Waals surface area contributed by atoms with Crippen LogP contribution in [0, 0.1) is 17.3 Å². The molecule has 6 heteroatoms. The van der Waals surface area contributed by atoms with Crippen LogP contribution in [-0.2, 0) is 4.79 Å². The molecule has 0 amide bonds. The summed E-state index contributed by atoms with van der Waals surface area (Å²) >= 11 is 0.797. The number of hydrogen-bond acceptors (Lipinski definition) is 2. The molecule has 1 heterocycles. The number of carboxylic acid groups (broad SMARTS) is 1. The Labute approximate surface area is 127 Å². The van der Waals surface area contributed by atoms with Gasteiger partial charge in [0.25, 0.3) is 0 Å². The Balaban J connectivity index is 2.27. The highest BCUT2D eigenvalue weighted by molar-refractivity contribution is 8.00. The first-order valence-electron chi connectivity index (χ1n) is 7.17. The van der Waals surface area contributed by atoms with Crippen molar-refractivity contribution in [3.8, 4) is 0 Å². The lowest BCUT2D eigenvalue weighted by Crippen LogP contribution is -2.41. The molecule has 0 radical (unpaired) electrons. The lowest BCUT2D eigenvalue weighted by Gasteiger charge is -2.44. The maximum absolute atomic E-state index is 13.1. The van der Waals surface area contributed by atoms with E-state index in [1.807, 2.05) is 0 Å². The van der Waals surface area contributed by atoms with Gasteiger partial charge in [-0.15, -0.1) is 11.8 Å². The van der Waals surface area contributed by atoms with Crippen LogP contribution in [0.5, 0.6) is 0 Å². The highest BCUT2D eigenvalue weighted by Gasteiger charge is 2.50. The molecule has 0 aromatic carbocycles. The van der Waals surface area contributed by atoms with Crippen LogP contribution in [0.4, 0.5) is 13.2 Å². The van der Waals surface area contributed by atoms with E-state index in [9.17, 15) is 18.0 Å². The van der Waals surface area contributed by atoms with Crippen molar-refractivity contribution in [3.63, 3.8) is 0 Å². The van der Waals surface area contributed by atoms with Gasteiger partial charge in [0.05, 0.1) is 5.57 Å². The number of thioether (sulfide) groups is 1. The SMILES string of the molecule is CC(C)(C)C1CCC2SC(C(F)(F)F)C(C(=O)O)=CC2C1. The van der Waals surface area contributed by atoms with Gasteiger partial charge in [-0.3, -0.25) is 0 Å². The van der Waals surface area contributed by atoms with Gasteiger partial charge in [0.1, 0.15) is 5.25 Å². The van der Waals surface area contributed by atoms with E-state index in [0.717, 1.165) is 31.0 Å². The molecule has 4 atom stereocenters. The zero-order valence-corrected chi connectivity index (χ0v) is 13.2. The number of aliphatic carboxylic acids is 1. The van der Waals surface area contributed by atoms with E-state index in [2.05, 4.69) is 20.8 Å². The smallest absolute Gasteiger partial charge is 0.404 e. The Morgan fingerprint density at radius 1 is 1.29 bits per heavy atom. The van der Waals surface area contributed by atoms with E-state index in [1.165, 1.54) is 6.08 Å². The summed E-state index contributed by atoms with van der Waals surface area (Å²) in [4.78, 5) is 11.2. The average Bonchev–Trinajstić information content (AvgIpc) is 2.34. The molecule has 0 saturated heterocycles. The van der Waals surface area contributed by atoms with Crippen molar-refractivity contribution in [3.05, 3.63) is 11.6 Å². The van der Waals surface area contributed by atoms with Crippen LogP contribution < -0.4 is 0 Å². The number of fused-ring (bicyclic) bond motifs is 1. The summed E-state index contributed by atoms with van der Waals surface area (Å²) in [7, 11) is 0. The van der Waals surface area contributed by atoms with Gasteiger partial charge in [0, 0.05) is 5.25 Å². The standard InChI is InChI=1S/C15H21F3O2S/c1-14(2,3)9-4-5-11-8(6-9)7-10(13(19)20)12(21-11)15(16,17)18/h7-9,11-12H,4-6H2,1-3H3,(H,19,20). The summed E-state index contributed by atoms with van der Waals surface area (Å²) < 4.78 is 39.2. The molecule has 120 valence electrons. The van der Waals surface area contributed by atoms with Crippen LogP contribution in [0.2, 0.25) is 0 Å². The summed E-state index contributed by atoms with van der Waals surface area (Å²) in [5.74, 6) is -1.08. The molecule has 2 aliphatic rings. The Hall–Kier alpha value is -0.650. The largest absolute Gasteiger partial charge is 0.478 e. The molecule has 0 aromatic heterocycles. The van der Waals surface area contributed by atoms with Crippen LogP contribution in [0.1, 0.15) is 40.0 Å². The van der Waals surface area contributed by atoms with Gasteiger partial charge in [-0.2, -0.15) is 13.2 Å². The van der Waals surface area contributed by atoms with Crippen molar-refractivity contribution in [2.24, 2.45) is 17.3 Å². The molecular weight excluding hydrogens is 301 g/mol. The maximum atomic E-state index is 13.1. The third-order valence-corrected chi connectivity index (χ3v) is 6.32. The second kappa shape index (κ2) is 5.52. The average molecular weight is 322 g/mol. The van der Waals surface area contributed by atoms with Gasteiger partial charge in [-0.05, 0) is 36.5 Å². The minimum atomic E-state index is -4.50. The molecule has 1 N–H and O–H groups in total. The topological polar surface area (TPSA) is 37.3 Å². The molecule has 2 nitrogen and oxygen atoms in total. The van der Waals surface area contributed by atoms with E-state index in [-0.39, 0.29) is 16.6 Å². The third-order valence-electron chi connectivity index (χ3n) is 4.59. The van der Waals surface area contributed by atoms with Crippen molar-refractivity contribution in [2.75, 3.05) is 0 Å². The van der Waals surface area contributed by atoms with Gasteiger partial charge in [0.2, 0.25) is 0 Å². The quantitative estimate of drug-likeness (QED) is 0.772. The first-order chi connectivity index (χ1) is 9.50. The zero-order chi connectivity index (χ0) is 16.0. The highest BCUT2D eigenvalue weighted by Crippen LogP contribution is 2.51. The van der Waals surface area contributed by atoms with Crippen molar-refractivity contribution < 1.29 is 23.1 Å². The van der Waals surface area contributed by atoms with Gasteiger partial charge >= 0.3 is 12.1 Å². The third kappa shape index (κ3) is 3.58. The minimum absolute atomic E-state index is 0.0577. The van der Waals surface area contributed by atoms with Gasteiger partial charge in [-0.25, -0.2) is 4.79 Å². The van der Waals surface area contributed by atoms with Crippen LogP contribution in [0.3, 0.4) is 0 Å². The second-order valence-corrected chi connectivity index (χ2v) is 8.41. The molecule has 4 unspecified atom stereocenters. The van der Waals surface area contributed by atoms with E-state index >= 15 is 0 Å². The molecular formula is C15H21F3O2S. The fraction of sp³-hybridized carbons (Fsp3) is 0.800. The van der Waals surface area contributed by atoms with Crippen molar-refractivity contribution in [1.82, 2.24) is 0 Å². The van der Waals surface area contributed by atoms with E-state index in [0.29, 0.717) is 5.92 Å². The van der Waals surface area contributed by atoms with Gasteiger partial charge in [0.15, 0.2) is 0 Å². The highest BCUT2D eigenvalue weighted by atomic mass is 32.2. The molecule has 1 aliphatic carbocycles. The number of hydrogen-bond donors (Lipinski definition) is 1.